The SMILES string of the molecule is CC(C)(C)NCc1cccnc1Sc1ccc(Cl)c(Cl)c1. The Labute approximate surface area is 140 Å². The lowest BCUT2D eigenvalue weighted by molar-refractivity contribution is 0.422. The van der Waals surface area contributed by atoms with Gasteiger partial charge in [0.25, 0.3) is 0 Å². The summed E-state index contributed by atoms with van der Waals surface area (Å²) in [4.78, 5) is 5.50. The fourth-order valence-corrected chi connectivity index (χ4v) is 2.95. The number of hydrogen-bond donors (Lipinski definition) is 1. The van der Waals surface area contributed by atoms with Crippen molar-refractivity contribution in [3.8, 4) is 0 Å². The van der Waals surface area contributed by atoms with Crippen molar-refractivity contribution in [3.05, 3.63) is 52.1 Å². The Morgan fingerprint density at radius 1 is 1.14 bits per heavy atom. The average Bonchev–Trinajstić information content (AvgIpc) is 2.41. The first kappa shape index (κ1) is 16.6. The van der Waals surface area contributed by atoms with Gasteiger partial charge < -0.3 is 5.32 Å². The Kier molecular flexibility index (Phi) is 5.55. The summed E-state index contributed by atoms with van der Waals surface area (Å²) >= 11 is 13.6. The van der Waals surface area contributed by atoms with Gasteiger partial charge in [0.15, 0.2) is 0 Å². The first-order chi connectivity index (χ1) is 9.85. The molecule has 0 aliphatic carbocycles. The predicted octanol–water partition coefficient (Wildman–Crippen LogP) is 5.43. The molecule has 1 N–H and O–H groups in total. The van der Waals surface area contributed by atoms with Crippen LogP contribution in [0.2, 0.25) is 10.0 Å². The van der Waals surface area contributed by atoms with E-state index < -0.39 is 0 Å². The van der Waals surface area contributed by atoms with Gasteiger partial charge in [-0.1, -0.05) is 41.0 Å². The van der Waals surface area contributed by atoms with Gasteiger partial charge in [-0.2, -0.15) is 0 Å². The van der Waals surface area contributed by atoms with E-state index >= 15 is 0 Å². The van der Waals surface area contributed by atoms with Crippen molar-refractivity contribution in [2.24, 2.45) is 0 Å². The summed E-state index contributed by atoms with van der Waals surface area (Å²) in [6.45, 7) is 7.22. The maximum Gasteiger partial charge on any atom is 0.105 e. The van der Waals surface area contributed by atoms with Crippen LogP contribution in [0.4, 0.5) is 0 Å². The molecule has 5 heteroatoms. The van der Waals surface area contributed by atoms with Crippen molar-refractivity contribution in [2.75, 3.05) is 0 Å². The third kappa shape index (κ3) is 5.19. The summed E-state index contributed by atoms with van der Waals surface area (Å²) in [6.07, 6.45) is 1.81. The fraction of sp³-hybridized carbons (Fsp3) is 0.312. The lowest BCUT2D eigenvalue weighted by Gasteiger charge is -2.21. The van der Waals surface area contributed by atoms with E-state index in [0.29, 0.717) is 10.0 Å². The Morgan fingerprint density at radius 2 is 1.90 bits per heavy atom. The Hall–Kier alpha value is -0.740. The van der Waals surface area contributed by atoms with Crippen molar-refractivity contribution < 1.29 is 0 Å². The summed E-state index contributed by atoms with van der Waals surface area (Å²) < 4.78 is 0. The van der Waals surface area contributed by atoms with E-state index in [-0.39, 0.29) is 5.54 Å². The highest BCUT2D eigenvalue weighted by atomic mass is 35.5. The van der Waals surface area contributed by atoms with E-state index in [1.165, 1.54) is 5.56 Å². The number of nitrogens with one attached hydrogen (secondary N) is 1. The van der Waals surface area contributed by atoms with Crippen molar-refractivity contribution in [2.45, 2.75) is 42.8 Å². The quantitative estimate of drug-likeness (QED) is 0.803. The number of rotatable bonds is 4. The second-order valence-corrected chi connectivity index (χ2v) is 7.63. The van der Waals surface area contributed by atoms with Crippen molar-refractivity contribution in [1.29, 1.82) is 0 Å². The highest BCUT2D eigenvalue weighted by molar-refractivity contribution is 7.99. The number of halogens is 2. The third-order valence-electron chi connectivity index (χ3n) is 2.76. The molecule has 1 aromatic carbocycles. The van der Waals surface area contributed by atoms with Crippen LogP contribution in [0.1, 0.15) is 26.3 Å². The number of aromatic nitrogens is 1. The molecule has 0 atom stereocenters. The van der Waals surface area contributed by atoms with Crippen LogP contribution in [0.15, 0.2) is 46.5 Å². The van der Waals surface area contributed by atoms with Crippen LogP contribution in [-0.2, 0) is 6.54 Å². The lowest BCUT2D eigenvalue weighted by Crippen LogP contribution is -2.35. The van der Waals surface area contributed by atoms with E-state index in [9.17, 15) is 0 Å². The number of pyridine rings is 1. The topological polar surface area (TPSA) is 24.9 Å². The molecule has 0 saturated heterocycles. The van der Waals surface area contributed by atoms with Crippen LogP contribution in [-0.4, -0.2) is 10.5 Å². The van der Waals surface area contributed by atoms with Gasteiger partial charge in [0.05, 0.1) is 10.0 Å². The Balaban J connectivity index is 2.17. The molecular formula is C16H18Cl2N2S. The number of benzene rings is 1. The molecule has 0 fully saturated rings. The minimum absolute atomic E-state index is 0.0708. The molecular weight excluding hydrogens is 323 g/mol. The lowest BCUT2D eigenvalue weighted by atomic mass is 10.1. The van der Waals surface area contributed by atoms with Crippen molar-refractivity contribution in [3.63, 3.8) is 0 Å². The van der Waals surface area contributed by atoms with Gasteiger partial charge in [-0.15, -0.1) is 0 Å². The molecule has 0 aliphatic heterocycles. The largest absolute Gasteiger partial charge is 0.308 e. The normalized spacial score (nSPS) is 11.7. The van der Waals surface area contributed by atoms with Crippen LogP contribution in [0, 0.1) is 0 Å². The molecule has 0 radical (unpaired) electrons. The highest BCUT2D eigenvalue weighted by Crippen LogP contribution is 2.33. The first-order valence-electron chi connectivity index (χ1n) is 6.67. The van der Waals surface area contributed by atoms with Gasteiger partial charge in [-0.05, 0) is 50.6 Å². The predicted molar refractivity (Wildman–Crippen MR) is 91.4 cm³/mol. The van der Waals surface area contributed by atoms with E-state index in [0.717, 1.165) is 16.5 Å². The summed E-state index contributed by atoms with van der Waals surface area (Å²) in [6, 6.07) is 9.67. The standard InChI is InChI=1S/C16H18Cl2N2S/c1-16(2,3)20-10-11-5-4-8-19-15(11)21-12-6-7-13(17)14(18)9-12/h4-9,20H,10H2,1-3H3. The molecule has 0 aliphatic rings. The van der Waals surface area contributed by atoms with Crippen molar-refractivity contribution >= 4 is 35.0 Å². The van der Waals surface area contributed by atoms with Crippen molar-refractivity contribution in [1.82, 2.24) is 10.3 Å². The van der Waals surface area contributed by atoms with Gasteiger partial charge in [0.1, 0.15) is 5.03 Å². The molecule has 0 unspecified atom stereocenters. The monoisotopic (exact) mass is 340 g/mol. The van der Waals surface area contributed by atoms with Crippen LogP contribution < -0.4 is 5.32 Å². The van der Waals surface area contributed by atoms with Crippen LogP contribution in [0.5, 0.6) is 0 Å². The van der Waals surface area contributed by atoms with E-state index in [2.05, 4.69) is 37.1 Å². The maximum absolute atomic E-state index is 6.06. The second kappa shape index (κ2) is 7.01. The summed E-state index contributed by atoms with van der Waals surface area (Å²) in [5, 5.41) is 5.59. The fourth-order valence-electron chi connectivity index (χ4n) is 1.66. The zero-order chi connectivity index (χ0) is 15.5. The first-order valence-corrected chi connectivity index (χ1v) is 8.24. The van der Waals surface area contributed by atoms with Gasteiger partial charge in [-0.25, -0.2) is 4.98 Å². The smallest absolute Gasteiger partial charge is 0.105 e. The molecule has 0 saturated carbocycles. The van der Waals surface area contributed by atoms with Gasteiger partial charge in [0, 0.05) is 23.2 Å². The molecule has 2 nitrogen and oxygen atoms in total. The molecule has 1 heterocycles. The van der Waals surface area contributed by atoms with Crippen LogP contribution in [0.3, 0.4) is 0 Å². The third-order valence-corrected chi connectivity index (χ3v) is 4.55. The van der Waals surface area contributed by atoms with Crippen LogP contribution >= 0.6 is 35.0 Å². The zero-order valence-electron chi connectivity index (χ0n) is 12.3. The molecule has 0 spiro atoms. The Bertz CT molecular complexity index is 624. The second-order valence-electron chi connectivity index (χ2n) is 5.75. The van der Waals surface area contributed by atoms with E-state index in [1.807, 2.05) is 24.3 Å². The van der Waals surface area contributed by atoms with Crippen LogP contribution in [0.25, 0.3) is 0 Å². The maximum atomic E-state index is 6.06. The minimum Gasteiger partial charge on any atom is -0.308 e. The van der Waals surface area contributed by atoms with Gasteiger partial charge in [0.2, 0.25) is 0 Å². The zero-order valence-corrected chi connectivity index (χ0v) is 14.6. The Morgan fingerprint density at radius 3 is 2.57 bits per heavy atom. The molecule has 21 heavy (non-hydrogen) atoms. The molecule has 1 aromatic heterocycles. The van der Waals surface area contributed by atoms with E-state index in [1.54, 1.807) is 18.0 Å². The van der Waals surface area contributed by atoms with Gasteiger partial charge in [-0.3, -0.25) is 0 Å². The summed E-state index contributed by atoms with van der Waals surface area (Å²) in [5.74, 6) is 0. The van der Waals surface area contributed by atoms with Gasteiger partial charge >= 0.3 is 0 Å². The molecule has 0 bridgehead atoms. The number of hydrogen-bond acceptors (Lipinski definition) is 3. The average molecular weight is 341 g/mol. The highest BCUT2D eigenvalue weighted by Gasteiger charge is 2.12. The minimum atomic E-state index is 0.0708. The molecule has 112 valence electrons. The molecule has 2 aromatic rings. The summed E-state index contributed by atoms with van der Waals surface area (Å²) in [5.41, 5.74) is 1.24. The molecule has 2 rings (SSSR count). The van der Waals surface area contributed by atoms with E-state index in [4.69, 9.17) is 23.2 Å². The number of nitrogens with zero attached hydrogens (tertiary/aromatic N) is 1. The molecule has 0 amide bonds. The summed E-state index contributed by atoms with van der Waals surface area (Å²) in [7, 11) is 0.